The lowest BCUT2D eigenvalue weighted by atomic mass is 10.1. The molecule has 0 saturated heterocycles. The van der Waals surface area contributed by atoms with Gasteiger partial charge in [-0.05, 0) is 12.8 Å². The third-order valence-corrected chi connectivity index (χ3v) is 8.02. The Balaban J connectivity index is 1.87. The van der Waals surface area contributed by atoms with Gasteiger partial charge in [0.2, 0.25) is 0 Å². The van der Waals surface area contributed by atoms with Crippen molar-refractivity contribution >= 4 is 40.2 Å². The van der Waals surface area contributed by atoms with Crippen LogP contribution in [0.3, 0.4) is 0 Å². The lowest BCUT2D eigenvalue weighted by Crippen LogP contribution is -2.37. The third kappa shape index (κ3) is 3.92. The number of aryl methyl sites for hydroxylation is 2. The van der Waals surface area contributed by atoms with E-state index in [9.17, 15) is 24.0 Å². The van der Waals surface area contributed by atoms with Crippen LogP contribution in [0, 0.1) is 0 Å². The summed E-state index contributed by atoms with van der Waals surface area (Å²) in [6.45, 7) is 5.63. The summed E-state index contributed by atoms with van der Waals surface area (Å²) in [6, 6.07) is -0.362. The van der Waals surface area contributed by atoms with E-state index in [-0.39, 0.29) is 18.2 Å². The van der Waals surface area contributed by atoms with Gasteiger partial charge in [-0.3, -0.25) is 33.1 Å². The number of aromatic amines is 1. The number of hydrogen-bond donors (Lipinski definition) is 1. The van der Waals surface area contributed by atoms with E-state index in [0.717, 1.165) is 22.4 Å². The molecule has 5 rings (SSSR count). The van der Waals surface area contributed by atoms with E-state index < -0.39 is 22.9 Å². The van der Waals surface area contributed by atoms with Crippen molar-refractivity contribution < 1.29 is 9.53 Å². The molecule has 0 radical (unpaired) electrons. The fourth-order valence-corrected chi connectivity index (χ4v) is 5.90. The second kappa shape index (κ2) is 10.00. The van der Waals surface area contributed by atoms with Gasteiger partial charge in [-0.15, -0.1) is 0 Å². The fourth-order valence-electron chi connectivity index (χ4n) is 5.90. The van der Waals surface area contributed by atoms with Crippen molar-refractivity contribution in [3.05, 3.63) is 64.2 Å². The van der Waals surface area contributed by atoms with Crippen molar-refractivity contribution in [2.24, 2.45) is 21.1 Å². The number of unbranched alkanes of at least 4 members (excludes halogenated alkanes) is 1. The molecule has 0 spiro atoms. The number of esters is 1. The molecule has 12 heteroatoms. The van der Waals surface area contributed by atoms with Crippen LogP contribution >= 0.6 is 0 Å². The molecule has 12 nitrogen and oxygen atoms in total. The van der Waals surface area contributed by atoms with Gasteiger partial charge >= 0.3 is 17.3 Å². The summed E-state index contributed by atoms with van der Waals surface area (Å²) in [7, 11) is 4.89. The summed E-state index contributed by atoms with van der Waals surface area (Å²) in [6.07, 6.45) is 5.99. The number of carbonyl (C=O) groups is 1. The average molecular weight is 551 g/mol. The molecule has 0 fully saturated rings. The molecule has 0 unspecified atom stereocenters. The predicted octanol–water partition coefficient (Wildman–Crippen LogP) is 1.77. The molecule has 0 saturated carbocycles. The predicted molar refractivity (Wildman–Crippen MR) is 153 cm³/mol. The first-order valence-electron chi connectivity index (χ1n) is 13.5. The monoisotopic (exact) mass is 550 g/mol. The zero-order valence-electron chi connectivity index (χ0n) is 23.7. The Labute approximate surface area is 228 Å². The van der Waals surface area contributed by atoms with Gasteiger partial charge in [-0.1, -0.05) is 32.4 Å². The summed E-state index contributed by atoms with van der Waals surface area (Å²) in [5.74, 6) is -0.427. The lowest BCUT2D eigenvalue weighted by Gasteiger charge is -2.21. The number of carbonyl (C=O) groups excluding carboxylic acids is 1. The van der Waals surface area contributed by atoms with Crippen LogP contribution in [-0.4, -0.2) is 40.4 Å². The van der Waals surface area contributed by atoms with Crippen molar-refractivity contribution in [3.8, 4) is 0 Å². The van der Waals surface area contributed by atoms with E-state index in [4.69, 9.17) is 4.74 Å². The van der Waals surface area contributed by atoms with Crippen LogP contribution in [0.25, 0.3) is 34.2 Å². The zero-order valence-corrected chi connectivity index (χ0v) is 23.7. The van der Waals surface area contributed by atoms with Crippen molar-refractivity contribution in [1.82, 2.24) is 27.8 Å². The van der Waals surface area contributed by atoms with Gasteiger partial charge in [0.05, 0.1) is 16.8 Å². The van der Waals surface area contributed by atoms with Gasteiger partial charge in [0.15, 0.2) is 0 Å². The summed E-state index contributed by atoms with van der Waals surface area (Å²) in [5.41, 5.74) is 2.02. The highest BCUT2D eigenvalue weighted by atomic mass is 16.5. The van der Waals surface area contributed by atoms with Gasteiger partial charge in [0, 0.05) is 63.5 Å². The molecule has 0 bridgehead atoms. The Bertz CT molecular complexity index is 1960. The second-order valence-corrected chi connectivity index (χ2v) is 10.4. The molecule has 1 N–H and O–H groups in total. The molecule has 1 aliphatic carbocycles. The third-order valence-electron chi connectivity index (χ3n) is 8.02. The zero-order chi connectivity index (χ0) is 29.0. The first-order chi connectivity index (χ1) is 19.0. The van der Waals surface area contributed by atoms with Crippen LogP contribution in [0.4, 0.5) is 0 Å². The van der Waals surface area contributed by atoms with Crippen LogP contribution < -0.4 is 22.5 Å². The molecule has 0 aromatic carbocycles. The van der Waals surface area contributed by atoms with Crippen LogP contribution in [0.5, 0.6) is 0 Å². The van der Waals surface area contributed by atoms with Crippen molar-refractivity contribution in [1.29, 1.82) is 0 Å². The number of H-pyrrole nitrogens is 1. The largest absolute Gasteiger partial charge is 0.464 e. The van der Waals surface area contributed by atoms with Crippen LogP contribution in [0.2, 0.25) is 0 Å². The van der Waals surface area contributed by atoms with E-state index in [0.29, 0.717) is 59.0 Å². The molecule has 212 valence electrons. The Morgan fingerprint density at radius 2 is 1.62 bits per heavy atom. The highest BCUT2D eigenvalue weighted by Gasteiger charge is 2.30. The normalized spacial score (nSPS) is 13.4. The summed E-state index contributed by atoms with van der Waals surface area (Å²) in [4.78, 5) is 67.6. The van der Waals surface area contributed by atoms with Crippen LogP contribution in [0.15, 0.2) is 19.2 Å². The van der Waals surface area contributed by atoms with Gasteiger partial charge in [-0.2, -0.15) is 0 Å². The number of ether oxygens (including phenoxy) is 1. The topological polar surface area (TPSA) is 135 Å². The standard InChI is InChI=1S/C28H34N6O6/c1-7-9-12-33-26(37)21-18-11-10-17-19(30(4)24-22(17)25(36)32(6)28(39)31(24)5)13-20(18)34(23(21)29-27(33)38)16(8-2)14-40-15(3)35/h10-11,16H,7-9,12-14H2,1-6H3,(H,29,38)/t16-/m1/s1. The summed E-state index contributed by atoms with van der Waals surface area (Å²) >= 11 is 0. The van der Waals surface area contributed by atoms with Gasteiger partial charge in [0.25, 0.3) is 11.1 Å². The van der Waals surface area contributed by atoms with Gasteiger partial charge < -0.3 is 13.9 Å². The van der Waals surface area contributed by atoms with E-state index in [2.05, 4.69) is 4.98 Å². The first-order valence-corrected chi connectivity index (χ1v) is 13.5. The van der Waals surface area contributed by atoms with E-state index in [1.54, 1.807) is 7.05 Å². The summed E-state index contributed by atoms with van der Waals surface area (Å²) < 4.78 is 12.9. The maximum absolute atomic E-state index is 13.8. The van der Waals surface area contributed by atoms with Gasteiger partial charge in [0.1, 0.15) is 17.9 Å². The molecule has 4 aromatic rings. The minimum atomic E-state index is -0.491. The Morgan fingerprint density at radius 1 is 0.950 bits per heavy atom. The maximum atomic E-state index is 13.8. The van der Waals surface area contributed by atoms with Crippen LogP contribution in [0.1, 0.15) is 68.6 Å². The molecule has 4 heterocycles. The molecule has 0 aliphatic heterocycles. The minimum Gasteiger partial charge on any atom is -0.464 e. The molecular formula is C28H34N6O6. The first kappa shape index (κ1) is 27.2. The Morgan fingerprint density at radius 3 is 2.25 bits per heavy atom. The fraction of sp³-hybridized carbons (Fsp3) is 0.464. The number of nitrogens with one attached hydrogen (secondary N) is 1. The smallest absolute Gasteiger partial charge is 0.332 e. The lowest BCUT2D eigenvalue weighted by molar-refractivity contribution is -0.142. The van der Waals surface area contributed by atoms with Crippen LogP contribution in [-0.2, 0) is 43.6 Å². The maximum Gasteiger partial charge on any atom is 0.332 e. The minimum absolute atomic E-state index is 0.0593. The molecule has 1 aliphatic rings. The molecule has 0 amide bonds. The van der Waals surface area contributed by atoms with Crippen molar-refractivity contribution in [2.75, 3.05) is 6.61 Å². The van der Waals surface area contributed by atoms with Crippen molar-refractivity contribution in [3.63, 3.8) is 0 Å². The quantitative estimate of drug-likeness (QED) is 0.307. The van der Waals surface area contributed by atoms with E-state index >= 15 is 0 Å². The van der Waals surface area contributed by atoms with Crippen molar-refractivity contribution in [2.45, 2.75) is 59.0 Å². The Kier molecular flexibility index (Phi) is 6.80. The second-order valence-electron chi connectivity index (χ2n) is 10.4. The highest BCUT2D eigenvalue weighted by molar-refractivity contribution is 5.97. The molecule has 4 aromatic heterocycles. The SMILES string of the molecule is CCCCn1c(=O)[nH]c2c(c3c(n2[C@H](CC)COC(C)=O)Cc2c(c4c(=O)n(C)c(=O)n(C)c4n2C)C=C3)c1=O. The Hall–Kier alpha value is -4.35. The summed E-state index contributed by atoms with van der Waals surface area (Å²) in [5, 5.41) is 0.792. The van der Waals surface area contributed by atoms with E-state index in [1.807, 2.05) is 42.2 Å². The highest BCUT2D eigenvalue weighted by Crippen LogP contribution is 2.36. The number of nitrogens with zero attached hydrogens (tertiary/aromatic N) is 5. The van der Waals surface area contributed by atoms with E-state index in [1.165, 1.54) is 23.1 Å². The average Bonchev–Trinajstić information content (AvgIpc) is 3.28. The number of fused-ring (bicyclic) bond motifs is 6. The molecule has 1 atom stereocenters. The number of aromatic nitrogens is 6. The molecule has 40 heavy (non-hydrogen) atoms. The number of rotatable bonds is 7. The van der Waals surface area contributed by atoms with Gasteiger partial charge in [-0.25, -0.2) is 9.59 Å². The number of hydrogen-bond acceptors (Lipinski definition) is 6. The molecular weight excluding hydrogens is 516 g/mol.